The highest BCUT2D eigenvalue weighted by atomic mass is 35.5. The molecule has 0 aliphatic carbocycles. The van der Waals surface area contributed by atoms with Crippen LogP contribution in [0.2, 0.25) is 5.02 Å². The van der Waals surface area contributed by atoms with Gasteiger partial charge in [0.2, 0.25) is 0 Å². The lowest BCUT2D eigenvalue weighted by atomic mass is 10.1. The van der Waals surface area contributed by atoms with Crippen LogP contribution in [0.15, 0.2) is 29.1 Å². The lowest BCUT2D eigenvalue weighted by Gasteiger charge is -2.02. The molecule has 1 heterocycles. The quantitative estimate of drug-likeness (QED) is 0.812. The van der Waals surface area contributed by atoms with Gasteiger partial charge in [-0.15, -0.1) is 0 Å². The van der Waals surface area contributed by atoms with E-state index >= 15 is 0 Å². The van der Waals surface area contributed by atoms with Crippen LogP contribution in [-0.4, -0.2) is 11.5 Å². The Balaban J connectivity index is 2.65. The van der Waals surface area contributed by atoms with Gasteiger partial charge in [0.25, 0.3) is 5.56 Å². The minimum absolute atomic E-state index is 0.0878. The second kappa shape index (κ2) is 4.04. The summed E-state index contributed by atoms with van der Waals surface area (Å²) in [7, 11) is 0. The summed E-state index contributed by atoms with van der Waals surface area (Å²) in [4.78, 5) is 14.4. The van der Waals surface area contributed by atoms with Crippen molar-refractivity contribution in [1.29, 1.82) is 0 Å². The molecule has 0 atom stereocenters. The summed E-state index contributed by atoms with van der Waals surface area (Å²) in [5.41, 5.74) is 6.81. The first-order chi connectivity index (χ1) is 7.20. The third-order valence-electron chi connectivity index (χ3n) is 2.30. The fourth-order valence-electron chi connectivity index (χ4n) is 1.56. The predicted molar refractivity (Wildman–Crippen MR) is 62.3 cm³/mol. The molecule has 0 bridgehead atoms. The van der Waals surface area contributed by atoms with E-state index in [-0.39, 0.29) is 5.56 Å². The lowest BCUT2D eigenvalue weighted by molar-refractivity contribution is 0.949. The first-order valence-electron chi connectivity index (χ1n) is 4.72. The van der Waals surface area contributed by atoms with E-state index in [1.54, 1.807) is 12.1 Å². The van der Waals surface area contributed by atoms with Crippen molar-refractivity contribution in [2.24, 2.45) is 5.73 Å². The standard InChI is InChI=1S/C11H11ClN2O/c12-9-2-1-7-5-8(3-4-13)11(15)14-10(7)6-9/h1-2,5-6H,3-4,13H2,(H,14,15). The van der Waals surface area contributed by atoms with Crippen LogP contribution in [0.4, 0.5) is 0 Å². The van der Waals surface area contributed by atoms with Crippen molar-refractivity contribution in [2.45, 2.75) is 6.42 Å². The Labute approximate surface area is 91.9 Å². The van der Waals surface area contributed by atoms with Crippen LogP contribution >= 0.6 is 11.6 Å². The third kappa shape index (κ3) is 2.03. The molecular weight excluding hydrogens is 212 g/mol. The molecule has 0 saturated heterocycles. The van der Waals surface area contributed by atoms with Gasteiger partial charge in [-0.3, -0.25) is 4.79 Å². The van der Waals surface area contributed by atoms with Crippen molar-refractivity contribution in [1.82, 2.24) is 4.98 Å². The van der Waals surface area contributed by atoms with Crippen molar-refractivity contribution in [3.63, 3.8) is 0 Å². The van der Waals surface area contributed by atoms with Crippen LogP contribution in [0.1, 0.15) is 5.56 Å². The van der Waals surface area contributed by atoms with E-state index in [0.29, 0.717) is 23.6 Å². The maximum Gasteiger partial charge on any atom is 0.251 e. The summed E-state index contributed by atoms with van der Waals surface area (Å²) >= 11 is 5.83. The molecule has 3 N–H and O–H groups in total. The van der Waals surface area contributed by atoms with Crippen LogP contribution in [0.3, 0.4) is 0 Å². The van der Waals surface area contributed by atoms with Crippen LogP contribution < -0.4 is 11.3 Å². The van der Waals surface area contributed by atoms with Crippen LogP contribution in [0.5, 0.6) is 0 Å². The number of aromatic amines is 1. The van der Waals surface area contributed by atoms with E-state index in [1.165, 1.54) is 0 Å². The van der Waals surface area contributed by atoms with Gasteiger partial charge in [0.05, 0.1) is 0 Å². The highest BCUT2D eigenvalue weighted by molar-refractivity contribution is 6.31. The van der Waals surface area contributed by atoms with Crippen molar-refractivity contribution in [2.75, 3.05) is 6.54 Å². The van der Waals surface area contributed by atoms with Gasteiger partial charge in [-0.2, -0.15) is 0 Å². The Kier molecular flexibility index (Phi) is 2.75. The summed E-state index contributed by atoms with van der Waals surface area (Å²) in [5, 5.41) is 1.59. The normalized spacial score (nSPS) is 10.8. The maximum absolute atomic E-state index is 11.6. The van der Waals surface area contributed by atoms with E-state index in [1.807, 2.05) is 12.1 Å². The van der Waals surface area contributed by atoms with E-state index in [4.69, 9.17) is 17.3 Å². The average Bonchev–Trinajstić information content (AvgIpc) is 2.20. The van der Waals surface area contributed by atoms with E-state index in [2.05, 4.69) is 4.98 Å². The van der Waals surface area contributed by atoms with E-state index in [9.17, 15) is 4.79 Å². The number of nitrogens with two attached hydrogens (primary N) is 1. The zero-order valence-corrected chi connectivity index (χ0v) is 8.84. The molecule has 0 spiro atoms. The number of H-pyrrole nitrogens is 1. The number of hydrogen-bond donors (Lipinski definition) is 2. The largest absolute Gasteiger partial charge is 0.330 e. The fourth-order valence-corrected chi connectivity index (χ4v) is 1.73. The summed E-state index contributed by atoms with van der Waals surface area (Å²) in [6.07, 6.45) is 0.591. The number of benzene rings is 1. The Hall–Kier alpha value is -1.32. The summed E-state index contributed by atoms with van der Waals surface area (Å²) in [5.74, 6) is 0. The van der Waals surface area contributed by atoms with E-state index in [0.717, 1.165) is 10.9 Å². The molecule has 0 saturated carbocycles. The first-order valence-corrected chi connectivity index (χ1v) is 5.10. The Morgan fingerprint density at radius 1 is 1.33 bits per heavy atom. The third-order valence-corrected chi connectivity index (χ3v) is 2.53. The minimum Gasteiger partial charge on any atom is -0.330 e. The maximum atomic E-state index is 11.6. The number of nitrogens with one attached hydrogen (secondary N) is 1. The number of fused-ring (bicyclic) bond motifs is 1. The summed E-state index contributed by atoms with van der Waals surface area (Å²) in [6, 6.07) is 7.28. The number of halogens is 1. The van der Waals surface area contributed by atoms with Gasteiger partial charge in [-0.05, 0) is 36.6 Å². The van der Waals surface area contributed by atoms with Crippen molar-refractivity contribution in [3.05, 3.63) is 45.2 Å². The summed E-state index contributed by atoms with van der Waals surface area (Å²) < 4.78 is 0. The number of aromatic nitrogens is 1. The number of pyridine rings is 1. The number of rotatable bonds is 2. The molecule has 15 heavy (non-hydrogen) atoms. The van der Waals surface area contributed by atoms with Gasteiger partial charge < -0.3 is 10.7 Å². The Morgan fingerprint density at radius 2 is 2.13 bits per heavy atom. The zero-order chi connectivity index (χ0) is 10.8. The van der Waals surface area contributed by atoms with Crippen LogP contribution in [0.25, 0.3) is 10.9 Å². The van der Waals surface area contributed by atoms with Crippen molar-refractivity contribution >= 4 is 22.5 Å². The van der Waals surface area contributed by atoms with Crippen LogP contribution in [0, 0.1) is 0 Å². The van der Waals surface area contributed by atoms with Gasteiger partial charge in [-0.1, -0.05) is 17.7 Å². The first kappa shape index (κ1) is 10.2. The van der Waals surface area contributed by atoms with Crippen molar-refractivity contribution < 1.29 is 0 Å². The van der Waals surface area contributed by atoms with Gasteiger partial charge in [0.1, 0.15) is 0 Å². The molecule has 0 fully saturated rings. The molecule has 1 aromatic carbocycles. The molecule has 0 aliphatic rings. The number of hydrogen-bond acceptors (Lipinski definition) is 2. The average molecular weight is 223 g/mol. The molecule has 78 valence electrons. The van der Waals surface area contributed by atoms with Crippen molar-refractivity contribution in [3.8, 4) is 0 Å². The Bertz CT molecular complexity index is 548. The lowest BCUT2D eigenvalue weighted by Crippen LogP contribution is -2.16. The molecule has 0 unspecified atom stereocenters. The van der Waals surface area contributed by atoms with Gasteiger partial charge in [0, 0.05) is 16.1 Å². The smallest absolute Gasteiger partial charge is 0.251 e. The summed E-state index contributed by atoms with van der Waals surface area (Å²) in [6.45, 7) is 0.474. The molecule has 1 aromatic heterocycles. The van der Waals surface area contributed by atoms with E-state index < -0.39 is 0 Å². The molecule has 2 aromatic rings. The minimum atomic E-state index is -0.0878. The predicted octanol–water partition coefficient (Wildman–Crippen LogP) is 1.68. The van der Waals surface area contributed by atoms with Gasteiger partial charge >= 0.3 is 0 Å². The highest BCUT2D eigenvalue weighted by Crippen LogP contribution is 2.16. The second-order valence-electron chi connectivity index (χ2n) is 3.39. The highest BCUT2D eigenvalue weighted by Gasteiger charge is 2.02. The Morgan fingerprint density at radius 3 is 2.87 bits per heavy atom. The molecule has 3 nitrogen and oxygen atoms in total. The SMILES string of the molecule is NCCc1cc2ccc(Cl)cc2[nH]c1=O. The molecule has 4 heteroatoms. The van der Waals surface area contributed by atoms with Crippen LogP contribution in [-0.2, 0) is 6.42 Å². The monoisotopic (exact) mass is 222 g/mol. The topological polar surface area (TPSA) is 58.9 Å². The van der Waals surface area contributed by atoms with Gasteiger partial charge in [-0.25, -0.2) is 0 Å². The zero-order valence-electron chi connectivity index (χ0n) is 8.09. The molecule has 0 radical (unpaired) electrons. The second-order valence-corrected chi connectivity index (χ2v) is 3.83. The molecule has 0 aliphatic heterocycles. The molecular formula is C11H11ClN2O. The molecule has 2 rings (SSSR count). The van der Waals surface area contributed by atoms with Gasteiger partial charge in [0.15, 0.2) is 0 Å². The molecule has 0 amide bonds. The fraction of sp³-hybridized carbons (Fsp3) is 0.182.